The lowest BCUT2D eigenvalue weighted by atomic mass is 10.2. The van der Waals surface area contributed by atoms with Gasteiger partial charge >= 0.3 is 11.9 Å². The van der Waals surface area contributed by atoms with E-state index >= 15 is 0 Å². The van der Waals surface area contributed by atoms with Crippen LogP contribution in [0.25, 0.3) is 0 Å². The Kier molecular flexibility index (Phi) is 7.84. The Labute approximate surface area is 155 Å². The maximum atomic E-state index is 12.1. The van der Waals surface area contributed by atoms with Crippen molar-refractivity contribution in [3.8, 4) is 0 Å². The summed E-state index contributed by atoms with van der Waals surface area (Å²) in [5, 5.41) is 0. The molecule has 2 aromatic carbocycles. The Bertz CT molecular complexity index is 619. The van der Waals surface area contributed by atoms with Gasteiger partial charge in [0, 0.05) is 0 Å². The van der Waals surface area contributed by atoms with Crippen LogP contribution in [0.5, 0.6) is 0 Å². The molecule has 0 amide bonds. The number of benzene rings is 2. The molecule has 132 valence electrons. The summed E-state index contributed by atoms with van der Waals surface area (Å²) in [6.45, 7) is 0. The van der Waals surface area contributed by atoms with Gasteiger partial charge in [-0.15, -0.1) is 0 Å². The first kappa shape index (κ1) is 19.4. The van der Waals surface area contributed by atoms with Crippen molar-refractivity contribution in [2.24, 2.45) is 0 Å². The highest BCUT2D eigenvalue weighted by Gasteiger charge is 2.23. The number of thioether (sulfide) groups is 2. The molecule has 0 fully saturated rings. The minimum absolute atomic E-state index is 0.423. The number of carbonyl (C=O) groups excluding carboxylic acids is 2. The smallest absolute Gasteiger partial charge is 0.341 e. The van der Waals surface area contributed by atoms with Gasteiger partial charge in [0.2, 0.25) is 0 Å². The van der Waals surface area contributed by atoms with Crippen molar-refractivity contribution >= 4 is 35.5 Å². The summed E-state index contributed by atoms with van der Waals surface area (Å²) in [7, 11) is 0. The third kappa shape index (κ3) is 6.12. The second kappa shape index (κ2) is 10.1. The molecule has 0 aromatic heterocycles. The van der Waals surface area contributed by atoms with E-state index in [2.05, 4.69) is 0 Å². The summed E-state index contributed by atoms with van der Waals surface area (Å²) in [5.74, 6) is -1.01. The number of hydrogen-bond donors (Lipinski definition) is 0. The van der Waals surface area contributed by atoms with E-state index in [0.29, 0.717) is 11.1 Å². The summed E-state index contributed by atoms with van der Waals surface area (Å²) < 4.78 is 16.2. The molecule has 0 aliphatic rings. The SMILES string of the molecule is CSC(OC(=O)c1ccccc1)OC(OC(=O)c1ccccc1)SC. The first-order chi connectivity index (χ1) is 12.1. The van der Waals surface area contributed by atoms with Gasteiger partial charge in [0.25, 0.3) is 11.2 Å². The Balaban J connectivity index is 1.93. The zero-order chi connectivity index (χ0) is 18.1. The summed E-state index contributed by atoms with van der Waals surface area (Å²) >= 11 is 2.38. The molecule has 0 aliphatic carbocycles. The van der Waals surface area contributed by atoms with Crippen LogP contribution in [0, 0.1) is 0 Å². The lowest BCUT2D eigenvalue weighted by Crippen LogP contribution is -2.26. The summed E-state index contributed by atoms with van der Waals surface area (Å²) in [5.41, 5.74) is -0.943. The van der Waals surface area contributed by atoms with Gasteiger partial charge in [-0.3, -0.25) is 4.74 Å². The number of rotatable bonds is 8. The van der Waals surface area contributed by atoms with Crippen molar-refractivity contribution in [1.29, 1.82) is 0 Å². The molecule has 2 unspecified atom stereocenters. The van der Waals surface area contributed by atoms with E-state index in [9.17, 15) is 9.59 Å². The molecule has 25 heavy (non-hydrogen) atoms. The van der Waals surface area contributed by atoms with Gasteiger partial charge in [-0.1, -0.05) is 59.9 Å². The predicted molar refractivity (Wildman–Crippen MR) is 99.4 cm³/mol. The van der Waals surface area contributed by atoms with Crippen molar-refractivity contribution < 1.29 is 23.8 Å². The summed E-state index contributed by atoms with van der Waals surface area (Å²) in [6.07, 6.45) is 3.47. The first-order valence-electron chi connectivity index (χ1n) is 7.37. The van der Waals surface area contributed by atoms with Crippen LogP contribution < -0.4 is 0 Å². The van der Waals surface area contributed by atoms with E-state index in [0.717, 1.165) is 0 Å². The van der Waals surface area contributed by atoms with Gasteiger partial charge in [0.15, 0.2) is 0 Å². The lowest BCUT2D eigenvalue weighted by Gasteiger charge is -2.22. The predicted octanol–water partition coefficient (Wildman–Crippen LogP) is 4.01. The van der Waals surface area contributed by atoms with Crippen molar-refractivity contribution in [2.75, 3.05) is 12.5 Å². The normalized spacial score (nSPS) is 12.9. The van der Waals surface area contributed by atoms with Crippen molar-refractivity contribution in [3.05, 3.63) is 71.8 Å². The Morgan fingerprint density at radius 2 is 1.08 bits per heavy atom. The molecule has 0 saturated heterocycles. The maximum absolute atomic E-state index is 12.1. The Hall–Kier alpha value is -1.96. The minimum Gasteiger partial charge on any atom is -0.422 e. The summed E-state index contributed by atoms with van der Waals surface area (Å²) in [4.78, 5) is 24.2. The molecular formula is C18H18O5S2. The average molecular weight is 378 g/mol. The average Bonchev–Trinajstić information content (AvgIpc) is 2.67. The zero-order valence-corrected chi connectivity index (χ0v) is 15.4. The van der Waals surface area contributed by atoms with Gasteiger partial charge < -0.3 is 9.47 Å². The molecule has 0 N–H and O–H groups in total. The minimum atomic E-state index is -0.895. The second-order valence-corrected chi connectivity index (χ2v) is 6.44. The number of esters is 2. The highest BCUT2D eigenvalue weighted by atomic mass is 32.2. The maximum Gasteiger partial charge on any atom is 0.341 e. The number of hydrogen-bond acceptors (Lipinski definition) is 7. The van der Waals surface area contributed by atoms with Gasteiger partial charge in [-0.25, -0.2) is 9.59 Å². The molecule has 0 spiro atoms. The monoisotopic (exact) mass is 378 g/mol. The van der Waals surface area contributed by atoms with Crippen LogP contribution in [0.15, 0.2) is 60.7 Å². The largest absolute Gasteiger partial charge is 0.422 e. The van der Waals surface area contributed by atoms with Gasteiger partial charge in [0.1, 0.15) is 0 Å². The van der Waals surface area contributed by atoms with E-state index < -0.39 is 23.2 Å². The van der Waals surface area contributed by atoms with Gasteiger partial charge in [-0.2, -0.15) is 0 Å². The van der Waals surface area contributed by atoms with E-state index in [1.807, 2.05) is 12.1 Å². The third-order valence-electron chi connectivity index (χ3n) is 3.03. The molecule has 2 atom stereocenters. The Morgan fingerprint density at radius 1 is 0.720 bits per heavy atom. The van der Waals surface area contributed by atoms with E-state index in [1.165, 1.54) is 23.5 Å². The third-order valence-corrected chi connectivity index (χ3v) is 4.22. The molecule has 7 heteroatoms. The highest BCUT2D eigenvalue weighted by molar-refractivity contribution is 7.99. The van der Waals surface area contributed by atoms with Crippen LogP contribution >= 0.6 is 23.5 Å². The molecule has 0 bridgehead atoms. The fourth-order valence-corrected chi connectivity index (χ4v) is 2.67. The van der Waals surface area contributed by atoms with Gasteiger partial charge in [-0.05, 0) is 36.8 Å². The van der Waals surface area contributed by atoms with E-state index in [-0.39, 0.29) is 0 Å². The molecule has 0 heterocycles. The van der Waals surface area contributed by atoms with E-state index in [4.69, 9.17) is 14.2 Å². The van der Waals surface area contributed by atoms with Crippen molar-refractivity contribution in [2.45, 2.75) is 11.2 Å². The van der Waals surface area contributed by atoms with E-state index in [1.54, 1.807) is 61.0 Å². The van der Waals surface area contributed by atoms with Crippen LogP contribution in [0.1, 0.15) is 20.7 Å². The molecule has 0 radical (unpaired) electrons. The molecule has 0 aliphatic heterocycles. The molecule has 2 rings (SSSR count). The van der Waals surface area contributed by atoms with Crippen LogP contribution in [-0.4, -0.2) is 35.7 Å². The van der Waals surface area contributed by atoms with Crippen LogP contribution in [0.4, 0.5) is 0 Å². The number of ether oxygens (including phenoxy) is 3. The first-order valence-corrected chi connectivity index (χ1v) is 9.94. The fourth-order valence-electron chi connectivity index (χ4n) is 1.81. The van der Waals surface area contributed by atoms with Gasteiger partial charge in [0.05, 0.1) is 11.1 Å². The second-order valence-electron chi connectivity index (χ2n) is 4.73. The highest BCUT2D eigenvalue weighted by Crippen LogP contribution is 2.21. The molecule has 2 aromatic rings. The standard InChI is InChI=1S/C18H18O5S2/c1-24-17(21-15(19)13-9-5-3-6-10-13)23-18(25-2)22-16(20)14-11-7-4-8-12-14/h3-12,17-18H,1-2H3. The van der Waals surface area contributed by atoms with Crippen LogP contribution in [-0.2, 0) is 14.2 Å². The molecule has 0 saturated carbocycles. The van der Waals surface area contributed by atoms with Crippen molar-refractivity contribution in [1.82, 2.24) is 0 Å². The topological polar surface area (TPSA) is 61.8 Å². The fraction of sp³-hybridized carbons (Fsp3) is 0.222. The van der Waals surface area contributed by atoms with Crippen molar-refractivity contribution in [3.63, 3.8) is 0 Å². The Morgan fingerprint density at radius 3 is 1.40 bits per heavy atom. The summed E-state index contributed by atoms with van der Waals surface area (Å²) in [6, 6.07) is 17.2. The lowest BCUT2D eigenvalue weighted by molar-refractivity contribution is -0.130. The molecule has 5 nitrogen and oxygen atoms in total. The quantitative estimate of drug-likeness (QED) is 0.508. The molecular weight excluding hydrogens is 360 g/mol. The van der Waals surface area contributed by atoms with Crippen LogP contribution in [0.2, 0.25) is 0 Å². The number of carbonyl (C=O) groups is 2. The zero-order valence-electron chi connectivity index (χ0n) is 13.8. The van der Waals surface area contributed by atoms with Crippen LogP contribution in [0.3, 0.4) is 0 Å².